The number of aromatic nitrogens is 5. The first kappa shape index (κ1) is 60.1. The summed E-state index contributed by atoms with van der Waals surface area (Å²) in [4.78, 5) is 0. The summed E-state index contributed by atoms with van der Waals surface area (Å²) in [6.07, 6.45) is 0. The van der Waals surface area contributed by atoms with Crippen LogP contribution in [0.15, 0.2) is 261 Å². The molecule has 0 N–H and O–H groups in total. The molecule has 22 rings (SSSR count). The molecule has 0 atom stereocenters. The van der Waals surface area contributed by atoms with E-state index in [2.05, 4.69) is 351 Å². The first-order chi connectivity index (χ1) is 54.8. The van der Waals surface area contributed by atoms with E-state index in [-0.39, 0.29) is 63.5 Å². The maximum Gasteiger partial charge on any atom is 0.252 e. The second-order valence-corrected chi connectivity index (χ2v) is 37.0. The van der Waals surface area contributed by atoms with Gasteiger partial charge in [-0.25, -0.2) is 0 Å². The van der Waals surface area contributed by atoms with E-state index in [0.29, 0.717) is 5.56 Å². The predicted octanol–water partition coefficient (Wildman–Crippen LogP) is 26.0. The zero-order valence-electron chi connectivity index (χ0n) is 70.3. The standard InChI is InChI=1S/C104H88BN5/c1-100(2,3)61-37-43-86-76(49-61)77-50-62(101(4,5)6)38-44-87(77)106(86)66-41-47-91-80(55-66)82-56-67(107-88-45-39-63(102(7,8)9)51-78(88)79-52-64(103(10,11)12)40-46-89(79)107)57-84-98(82)110(91)99-94-74-34-25-33-73-71-31-22-20-29-69(71)68-28-19-21-30-70(68)72-32-23-24-35-85(72)108(96(73)74)92(94)58-93-95(99)105(84)83-54-65(104(13,14)15)53-81-75-48-60(59-26-17-16-18-27-59)36-42-90(75)109(93)97(81)83/h16-58H,1-15H3/i16D,17D,18D,26D,27D. The first-order valence-electron chi connectivity index (χ1n) is 41.8. The summed E-state index contributed by atoms with van der Waals surface area (Å²) in [5.41, 5.74) is 26.5. The summed E-state index contributed by atoms with van der Waals surface area (Å²) in [7, 11) is 0. The van der Waals surface area contributed by atoms with Gasteiger partial charge in [0.1, 0.15) is 0 Å². The van der Waals surface area contributed by atoms with Crippen molar-refractivity contribution in [3.8, 4) is 33.9 Å². The fourth-order valence-corrected chi connectivity index (χ4v) is 19.6. The molecule has 14 aromatic carbocycles. The molecule has 0 amide bonds. The minimum atomic E-state index is -0.411. The Labute approximate surface area is 649 Å². The van der Waals surface area contributed by atoms with Crippen LogP contribution in [0, 0.1) is 0 Å². The van der Waals surface area contributed by atoms with Crippen molar-refractivity contribution in [3.63, 3.8) is 0 Å². The molecule has 0 spiro atoms. The fourth-order valence-electron chi connectivity index (χ4n) is 19.6. The molecule has 0 fully saturated rings. The Morgan fingerprint density at radius 3 is 1.24 bits per heavy atom. The Balaban J connectivity index is 0.972. The molecule has 0 unspecified atom stereocenters. The van der Waals surface area contributed by atoms with Crippen LogP contribution < -0.4 is 16.4 Å². The molecule has 0 saturated carbocycles. The van der Waals surface area contributed by atoms with E-state index in [1.807, 2.05) is 6.07 Å². The fraction of sp³-hybridized carbons (Fsp3) is 0.192. The van der Waals surface area contributed by atoms with Crippen LogP contribution in [-0.4, -0.2) is 29.4 Å². The predicted molar refractivity (Wildman–Crippen MR) is 475 cm³/mol. The summed E-state index contributed by atoms with van der Waals surface area (Å²) < 4.78 is 58.5. The van der Waals surface area contributed by atoms with E-state index in [1.165, 1.54) is 87.6 Å². The largest absolute Gasteiger partial charge is 0.310 e. The highest BCUT2D eigenvalue weighted by molar-refractivity contribution is 7.00. The second kappa shape index (κ2) is 22.0. The molecule has 2 aliphatic rings. The minimum Gasteiger partial charge on any atom is -0.310 e. The Kier molecular flexibility index (Phi) is 12.0. The molecule has 8 heterocycles. The summed E-state index contributed by atoms with van der Waals surface area (Å²) >= 11 is 0. The molecule has 0 bridgehead atoms. The van der Waals surface area contributed by atoms with Gasteiger partial charge in [-0.3, -0.25) is 0 Å². The Bertz CT molecular complexity index is 7760. The third-order valence-electron chi connectivity index (χ3n) is 25.2. The van der Waals surface area contributed by atoms with Gasteiger partial charge in [0, 0.05) is 92.7 Å². The zero-order chi connectivity index (χ0) is 79.4. The quantitative estimate of drug-likeness (QED) is 0.158. The molecule has 5 nitrogen and oxygen atoms in total. The maximum atomic E-state index is 9.44. The average Bonchev–Trinajstić information content (AvgIpc) is 1.51. The molecule has 532 valence electrons. The SMILES string of the molecule is [2H]c1c([2H])c([2H])c(-c2ccc3c(c2)c2cc(C(C)(C)C)cc4c2n3-c2cc3c(c5c2B4c2cc(-n4c6ccc(C(C)(C)C)cc6c6cc(C(C)(C)C)ccc64)cc4c6cc(-n7c8ccc(C(C)(C)C)cc8c8cc(C(C)(C)C)ccc87)ccc6n-5c24)c2cccc4c5ccccc5c5ccccc5c5ccccc5n3c42)c([2H])c1[2H]. The Hall–Kier alpha value is -11.9. The van der Waals surface area contributed by atoms with E-state index in [0.717, 1.165) is 126 Å². The van der Waals surface area contributed by atoms with Crippen LogP contribution in [0.1, 0.15) is 139 Å². The molecule has 2 aliphatic heterocycles. The van der Waals surface area contributed by atoms with Crippen molar-refractivity contribution >= 4 is 170 Å². The Morgan fingerprint density at radius 2 is 0.673 bits per heavy atom. The van der Waals surface area contributed by atoms with Crippen LogP contribution in [0.2, 0.25) is 0 Å². The molecular weight excluding hydrogens is 1330 g/mol. The average molecular weight is 1420 g/mol. The van der Waals surface area contributed by atoms with Crippen LogP contribution in [-0.2, 0) is 27.1 Å². The molecule has 0 aliphatic carbocycles. The van der Waals surface area contributed by atoms with Crippen molar-refractivity contribution in [2.45, 2.75) is 131 Å². The van der Waals surface area contributed by atoms with Crippen LogP contribution in [0.25, 0.3) is 181 Å². The van der Waals surface area contributed by atoms with E-state index in [1.54, 1.807) is 0 Å². The van der Waals surface area contributed by atoms with Gasteiger partial charge in [-0.1, -0.05) is 255 Å². The number of nitrogens with zero attached hydrogens (tertiary/aromatic N) is 5. The van der Waals surface area contributed by atoms with Gasteiger partial charge in [0.05, 0.1) is 62.2 Å². The van der Waals surface area contributed by atoms with Crippen molar-refractivity contribution in [2.75, 3.05) is 0 Å². The molecule has 0 radical (unpaired) electrons. The first-order valence-corrected chi connectivity index (χ1v) is 39.3. The zero-order valence-corrected chi connectivity index (χ0v) is 65.3. The van der Waals surface area contributed by atoms with Gasteiger partial charge in [-0.05, 0) is 213 Å². The summed E-state index contributed by atoms with van der Waals surface area (Å²) in [5.74, 6) is 0. The molecule has 110 heavy (non-hydrogen) atoms. The highest BCUT2D eigenvalue weighted by Gasteiger charge is 2.44. The van der Waals surface area contributed by atoms with Crippen LogP contribution >= 0.6 is 0 Å². The van der Waals surface area contributed by atoms with Gasteiger partial charge in [0.15, 0.2) is 0 Å². The van der Waals surface area contributed by atoms with E-state index in [4.69, 9.17) is 4.11 Å². The van der Waals surface area contributed by atoms with Crippen molar-refractivity contribution in [2.24, 2.45) is 0 Å². The maximum absolute atomic E-state index is 9.44. The number of para-hydroxylation sites is 2. The lowest BCUT2D eigenvalue weighted by Crippen LogP contribution is -2.59. The third kappa shape index (κ3) is 8.99. The number of hydrogen-bond donors (Lipinski definition) is 0. The highest BCUT2D eigenvalue weighted by atomic mass is 15.1. The van der Waals surface area contributed by atoms with Crippen LogP contribution in [0.4, 0.5) is 0 Å². The van der Waals surface area contributed by atoms with Crippen LogP contribution in [0.5, 0.6) is 0 Å². The number of hydrogen-bond acceptors (Lipinski definition) is 0. The van der Waals surface area contributed by atoms with Gasteiger partial charge < -0.3 is 22.7 Å². The van der Waals surface area contributed by atoms with E-state index >= 15 is 0 Å². The Morgan fingerprint density at radius 1 is 0.264 bits per heavy atom. The third-order valence-corrected chi connectivity index (χ3v) is 25.2. The van der Waals surface area contributed by atoms with Gasteiger partial charge in [0.25, 0.3) is 6.71 Å². The molecule has 6 heteroatoms. The van der Waals surface area contributed by atoms with Crippen molar-refractivity contribution in [1.82, 2.24) is 22.7 Å². The lowest BCUT2D eigenvalue weighted by Gasteiger charge is -2.35. The van der Waals surface area contributed by atoms with Crippen molar-refractivity contribution in [3.05, 3.63) is 289 Å². The molecule has 0 saturated heterocycles. The lowest BCUT2D eigenvalue weighted by atomic mass is 9.34. The highest BCUT2D eigenvalue weighted by Crippen LogP contribution is 2.50. The molecule has 6 aromatic heterocycles. The molecule has 20 aromatic rings. The van der Waals surface area contributed by atoms with Gasteiger partial charge >= 0.3 is 0 Å². The van der Waals surface area contributed by atoms with Gasteiger partial charge in [-0.15, -0.1) is 0 Å². The van der Waals surface area contributed by atoms with E-state index < -0.39 is 6.04 Å². The van der Waals surface area contributed by atoms with Crippen molar-refractivity contribution < 1.29 is 6.85 Å². The molecular formula is C104H88BN5. The van der Waals surface area contributed by atoms with Gasteiger partial charge in [0.2, 0.25) is 0 Å². The lowest BCUT2D eigenvalue weighted by molar-refractivity contribution is 0.590. The monoisotopic (exact) mass is 1420 g/mol. The summed E-state index contributed by atoms with van der Waals surface area (Å²) in [6.45, 7) is 34.4. The minimum absolute atomic E-state index is 0.0766. The summed E-state index contributed by atoms with van der Waals surface area (Å²) in [5, 5.41) is 18.5. The van der Waals surface area contributed by atoms with Crippen LogP contribution in [0.3, 0.4) is 0 Å². The summed E-state index contributed by atoms with van der Waals surface area (Å²) in [6, 6.07) is 87.3. The number of benzene rings is 14. The van der Waals surface area contributed by atoms with Gasteiger partial charge in [-0.2, -0.15) is 0 Å². The normalized spacial score (nSPS) is 14.2. The number of fused-ring (bicyclic) bond motifs is 27. The van der Waals surface area contributed by atoms with Crippen molar-refractivity contribution in [1.29, 1.82) is 0 Å². The second-order valence-electron chi connectivity index (χ2n) is 37.0. The van der Waals surface area contributed by atoms with E-state index in [9.17, 15) is 2.74 Å². The topological polar surface area (TPSA) is 24.1 Å². The smallest absolute Gasteiger partial charge is 0.252 e. The number of rotatable bonds is 3.